The predicted octanol–water partition coefficient (Wildman–Crippen LogP) is 3.57. The first kappa shape index (κ1) is 10.7. The number of ketones is 1. The second-order valence-electron chi connectivity index (χ2n) is 3.91. The normalized spacial score (nSPS) is 12.4. The Morgan fingerprint density at radius 3 is 2.38 bits per heavy atom. The molecule has 0 spiro atoms. The average Bonchev–Trinajstić information content (AvgIpc) is 2.75. The Balaban J connectivity index is 2.23. The Morgan fingerprint density at radius 1 is 1.12 bits per heavy atom. The van der Waals surface area contributed by atoms with E-state index >= 15 is 0 Å². The topological polar surface area (TPSA) is 30.2 Å². The highest BCUT2D eigenvalue weighted by molar-refractivity contribution is 5.98. The van der Waals surface area contributed by atoms with Crippen molar-refractivity contribution in [3.63, 3.8) is 0 Å². The highest BCUT2D eigenvalue weighted by Crippen LogP contribution is 2.21. The van der Waals surface area contributed by atoms with Crippen LogP contribution in [0, 0.1) is 6.92 Å². The van der Waals surface area contributed by atoms with E-state index in [4.69, 9.17) is 4.42 Å². The molecule has 1 atom stereocenters. The van der Waals surface area contributed by atoms with Gasteiger partial charge in [-0.25, -0.2) is 0 Å². The quantitative estimate of drug-likeness (QED) is 0.731. The minimum atomic E-state index is -0.160. The van der Waals surface area contributed by atoms with Crippen LogP contribution >= 0.6 is 0 Å². The van der Waals surface area contributed by atoms with E-state index in [1.165, 1.54) is 0 Å². The Labute approximate surface area is 94.9 Å². The molecule has 2 aromatic rings. The van der Waals surface area contributed by atoms with Crippen LogP contribution < -0.4 is 0 Å². The van der Waals surface area contributed by atoms with Crippen LogP contribution in [0.4, 0.5) is 0 Å². The molecule has 1 aromatic carbocycles. The van der Waals surface area contributed by atoms with Crippen LogP contribution in [0.25, 0.3) is 0 Å². The maximum absolute atomic E-state index is 12.1. The lowest BCUT2D eigenvalue weighted by molar-refractivity contribution is 0.0937. The highest BCUT2D eigenvalue weighted by Gasteiger charge is 2.19. The van der Waals surface area contributed by atoms with Gasteiger partial charge in [-0.2, -0.15) is 0 Å². The van der Waals surface area contributed by atoms with Gasteiger partial charge in [0.15, 0.2) is 5.76 Å². The highest BCUT2D eigenvalue weighted by atomic mass is 16.3. The molecule has 0 saturated carbocycles. The second-order valence-corrected chi connectivity index (χ2v) is 3.91. The van der Waals surface area contributed by atoms with Crippen LogP contribution in [-0.4, -0.2) is 5.78 Å². The van der Waals surface area contributed by atoms with Crippen molar-refractivity contribution in [1.82, 2.24) is 0 Å². The lowest BCUT2D eigenvalue weighted by atomic mass is 9.95. The van der Waals surface area contributed by atoms with E-state index in [1.54, 1.807) is 6.07 Å². The number of carbonyl (C=O) groups excluding carboxylic acids is 1. The summed E-state index contributed by atoms with van der Waals surface area (Å²) in [6.45, 7) is 3.74. The molecule has 0 aliphatic carbocycles. The van der Waals surface area contributed by atoms with Gasteiger partial charge in [-0.15, -0.1) is 0 Å². The number of Topliss-reactive ketones (excluding diaryl/α,β-unsaturated/α-hetero) is 1. The molecule has 82 valence electrons. The molecule has 0 saturated heterocycles. The Bertz CT molecular complexity index is 482. The number of furan rings is 1. The number of hydrogen-bond donors (Lipinski definition) is 0. The Kier molecular flexibility index (Phi) is 2.91. The first-order valence-corrected chi connectivity index (χ1v) is 5.34. The van der Waals surface area contributed by atoms with E-state index in [1.807, 2.05) is 50.2 Å². The second kappa shape index (κ2) is 4.35. The first-order valence-electron chi connectivity index (χ1n) is 5.34. The molecule has 0 amide bonds. The minimum absolute atomic E-state index is 0.0271. The Hall–Kier alpha value is -1.83. The molecule has 0 N–H and O–H groups in total. The van der Waals surface area contributed by atoms with E-state index in [9.17, 15) is 4.79 Å². The summed E-state index contributed by atoms with van der Waals surface area (Å²) < 4.78 is 5.34. The van der Waals surface area contributed by atoms with Crippen LogP contribution in [0.1, 0.15) is 34.7 Å². The molecule has 2 rings (SSSR count). The summed E-state index contributed by atoms with van der Waals surface area (Å²) in [4.78, 5) is 12.1. The Morgan fingerprint density at radius 2 is 1.81 bits per heavy atom. The molecule has 2 nitrogen and oxygen atoms in total. The SMILES string of the molecule is Cc1ccc(C(=O)C(C)c2ccccc2)o1. The van der Waals surface area contributed by atoms with Crippen molar-refractivity contribution in [2.75, 3.05) is 0 Å². The molecule has 2 heteroatoms. The lowest BCUT2D eigenvalue weighted by Crippen LogP contribution is -2.08. The van der Waals surface area contributed by atoms with E-state index < -0.39 is 0 Å². The summed E-state index contributed by atoms with van der Waals surface area (Å²) in [7, 11) is 0. The van der Waals surface area contributed by atoms with Crippen molar-refractivity contribution < 1.29 is 9.21 Å². The van der Waals surface area contributed by atoms with E-state index in [0.717, 1.165) is 11.3 Å². The van der Waals surface area contributed by atoms with Gasteiger partial charge >= 0.3 is 0 Å². The van der Waals surface area contributed by atoms with Gasteiger partial charge in [0.25, 0.3) is 0 Å². The summed E-state index contributed by atoms with van der Waals surface area (Å²) in [5.41, 5.74) is 1.02. The summed E-state index contributed by atoms with van der Waals surface area (Å²) >= 11 is 0. The monoisotopic (exact) mass is 214 g/mol. The van der Waals surface area contributed by atoms with Gasteiger partial charge in [-0.05, 0) is 24.6 Å². The third-order valence-electron chi connectivity index (χ3n) is 2.68. The maximum Gasteiger partial charge on any atom is 0.205 e. The molecular formula is C14H14O2. The summed E-state index contributed by atoms with van der Waals surface area (Å²) in [5.74, 6) is 1.07. The van der Waals surface area contributed by atoms with Crippen LogP contribution in [-0.2, 0) is 0 Å². The fraction of sp³-hybridized carbons (Fsp3) is 0.214. The number of rotatable bonds is 3. The molecule has 0 aliphatic heterocycles. The summed E-state index contributed by atoms with van der Waals surface area (Å²) in [5, 5.41) is 0. The zero-order chi connectivity index (χ0) is 11.5. The van der Waals surface area contributed by atoms with E-state index in [2.05, 4.69) is 0 Å². The standard InChI is InChI=1S/C14H14O2/c1-10-8-9-13(16-10)14(15)11(2)12-6-4-3-5-7-12/h3-9,11H,1-2H3. The largest absolute Gasteiger partial charge is 0.458 e. The number of benzene rings is 1. The van der Waals surface area contributed by atoms with E-state index in [-0.39, 0.29) is 11.7 Å². The van der Waals surface area contributed by atoms with Gasteiger partial charge in [0.2, 0.25) is 5.78 Å². The van der Waals surface area contributed by atoms with E-state index in [0.29, 0.717) is 5.76 Å². The fourth-order valence-electron chi connectivity index (χ4n) is 1.67. The summed E-state index contributed by atoms with van der Waals surface area (Å²) in [6, 6.07) is 13.3. The van der Waals surface area contributed by atoms with Crippen molar-refractivity contribution in [2.45, 2.75) is 19.8 Å². The number of carbonyl (C=O) groups is 1. The van der Waals surface area contributed by atoms with Gasteiger partial charge in [0.05, 0.1) is 0 Å². The zero-order valence-electron chi connectivity index (χ0n) is 9.44. The molecule has 1 aromatic heterocycles. The van der Waals surface area contributed by atoms with Crippen LogP contribution in [0.3, 0.4) is 0 Å². The third kappa shape index (κ3) is 2.06. The third-order valence-corrected chi connectivity index (χ3v) is 2.68. The van der Waals surface area contributed by atoms with Crippen LogP contribution in [0.15, 0.2) is 46.9 Å². The molecule has 0 aliphatic rings. The first-order chi connectivity index (χ1) is 7.68. The number of hydrogen-bond acceptors (Lipinski definition) is 2. The smallest absolute Gasteiger partial charge is 0.205 e. The van der Waals surface area contributed by atoms with Gasteiger partial charge in [-0.3, -0.25) is 4.79 Å². The van der Waals surface area contributed by atoms with Gasteiger partial charge in [-0.1, -0.05) is 37.3 Å². The minimum Gasteiger partial charge on any atom is -0.458 e. The van der Waals surface area contributed by atoms with Crippen molar-refractivity contribution in [3.8, 4) is 0 Å². The zero-order valence-corrected chi connectivity index (χ0v) is 9.44. The van der Waals surface area contributed by atoms with Crippen molar-refractivity contribution in [1.29, 1.82) is 0 Å². The number of aryl methyl sites for hydroxylation is 1. The molecule has 0 bridgehead atoms. The van der Waals surface area contributed by atoms with Crippen molar-refractivity contribution in [3.05, 3.63) is 59.5 Å². The molecule has 1 unspecified atom stereocenters. The molecule has 1 heterocycles. The molecular weight excluding hydrogens is 200 g/mol. The molecule has 0 radical (unpaired) electrons. The van der Waals surface area contributed by atoms with Crippen molar-refractivity contribution in [2.24, 2.45) is 0 Å². The van der Waals surface area contributed by atoms with Crippen LogP contribution in [0.2, 0.25) is 0 Å². The lowest BCUT2D eigenvalue weighted by Gasteiger charge is -2.08. The van der Waals surface area contributed by atoms with Crippen LogP contribution in [0.5, 0.6) is 0 Å². The fourth-order valence-corrected chi connectivity index (χ4v) is 1.67. The van der Waals surface area contributed by atoms with Gasteiger partial charge < -0.3 is 4.42 Å². The predicted molar refractivity (Wildman–Crippen MR) is 62.6 cm³/mol. The molecule has 0 fully saturated rings. The van der Waals surface area contributed by atoms with Crippen molar-refractivity contribution >= 4 is 5.78 Å². The molecule has 16 heavy (non-hydrogen) atoms. The maximum atomic E-state index is 12.1. The average molecular weight is 214 g/mol. The van der Waals surface area contributed by atoms with Gasteiger partial charge in [0, 0.05) is 5.92 Å². The summed E-state index contributed by atoms with van der Waals surface area (Å²) in [6.07, 6.45) is 0. The van der Waals surface area contributed by atoms with Gasteiger partial charge in [0.1, 0.15) is 5.76 Å².